The Morgan fingerprint density at radius 3 is 2.44 bits per heavy atom. The summed E-state index contributed by atoms with van der Waals surface area (Å²) in [6.07, 6.45) is 2.67. The van der Waals surface area contributed by atoms with E-state index in [1.165, 1.54) is 18.6 Å². The molecule has 0 bridgehead atoms. The molecule has 2 amide bonds. The molecule has 0 radical (unpaired) electrons. The number of carbonyl (C=O) groups is 1. The van der Waals surface area contributed by atoms with E-state index in [4.69, 9.17) is 0 Å². The zero-order valence-electron chi connectivity index (χ0n) is 20.1. The summed E-state index contributed by atoms with van der Waals surface area (Å²) in [4.78, 5) is 24.6. The Hall–Kier alpha value is -4.61. The lowest BCUT2D eigenvalue weighted by atomic mass is 10.1. The van der Waals surface area contributed by atoms with Crippen LogP contribution < -0.4 is 21.3 Å². The van der Waals surface area contributed by atoms with Gasteiger partial charge in [0.05, 0.1) is 5.69 Å². The smallest absolute Gasteiger partial charge is 0.323 e. The van der Waals surface area contributed by atoms with E-state index in [1.54, 1.807) is 29.9 Å². The van der Waals surface area contributed by atoms with Gasteiger partial charge in [-0.15, -0.1) is 0 Å². The minimum atomic E-state index is -3.11. The fraction of sp³-hybridized carbons (Fsp3) is 0.208. The number of halogens is 2. The lowest BCUT2D eigenvalue weighted by molar-refractivity contribution is 0.0128. The molecule has 4 rings (SSSR count). The number of amides is 2. The molecule has 1 aromatic carbocycles. The van der Waals surface area contributed by atoms with E-state index in [0.717, 1.165) is 29.9 Å². The molecular weight excluding hydrogens is 468 g/mol. The number of benzene rings is 1. The van der Waals surface area contributed by atoms with E-state index in [9.17, 15) is 13.6 Å². The van der Waals surface area contributed by atoms with E-state index in [1.807, 2.05) is 26.0 Å². The second-order valence-corrected chi connectivity index (χ2v) is 8.15. The van der Waals surface area contributed by atoms with Gasteiger partial charge in [-0.3, -0.25) is 4.98 Å². The summed E-state index contributed by atoms with van der Waals surface area (Å²) in [6, 6.07) is 11.0. The minimum absolute atomic E-state index is 0.203. The first-order valence-electron chi connectivity index (χ1n) is 11.0. The van der Waals surface area contributed by atoms with Gasteiger partial charge in [0.2, 0.25) is 0 Å². The highest BCUT2D eigenvalue weighted by Crippen LogP contribution is 2.28. The molecule has 0 saturated heterocycles. The van der Waals surface area contributed by atoms with E-state index in [0.29, 0.717) is 23.1 Å². The van der Waals surface area contributed by atoms with Crippen LogP contribution in [0.5, 0.6) is 0 Å². The van der Waals surface area contributed by atoms with Crippen molar-refractivity contribution in [2.75, 3.05) is 28.3 Å². The molecule has 3 aromatic heterocycles. The van der Waals surface area contributed by atoms with Crippen LogP contribution in [0.2, 0.25) is 0 Å². The molecule has 0 atom stereocenters. The molecule has 0 saturated carbocycles. The number of urea groups is 1. The maximum Gasteiger partial charge on any atom is 0.323 e. The molecule has 186 valence electrons. The van der Waals surface area contributed by atoms with Crippen molar-refractivity contribution < 1.29 is 13.6 Å². The van der Waals surface area contributed by atoms with Crippen LogP contribution in [0.25, 0.3) is 5.82 Å². The molecule has 0 spiro atoms. The summed E-state index contributed by atoms with van der Waals surface area (Å²) in [6.45, 7) is 4.54. The first-order chi connectivity index (χ1) is 17.1. The summed E-state index contributed by atoms with van der Waals surface area (Å²) in [5.74, 6) is -1.22. The van der Waals surface area contributed by atoms with Gasteiger partial charge in [-0.25, -0.2) is 14.8 Å². The van der Waals surface area contributed by atoms with Gasteiger partial charge in [0.1, 0.15) is 23.7 Å². The number of alkyl halides is 2. The molecule has 0 unspecified atom stereocenters. The Balaban J connectivity index is 1.52. The van der Waals surface area contributed by atoms with Gasteiger partial charge < -0.3 is 21.3 Å². The van der Waals surface area contributed by atoms with Crippen molar-refractivity contribution in [1.82, 2.24) is 24.7 Å². The van der Waals surface area contributed by atoms with Crippen molar-refractivity contribution in [2.24, 2.45) is 0 Å². The summed E-state index contributed by atoms with van der Waals surface area (Å²) in [5.41, 5.74) is 2.71. The third-order valence-electron chi connectivity index (χ3n) is 5.18. The van der Waals surface area contributed by atoms with Crippen LogP contribution in [0.3, 0.4) is 0 Å². The first kappa shape index (κ1) is 24.5. The largest absolute Gasteiger partial charge is 0.373 e. The van der Waals surface area contributed by atoms with Gasteiger partial charge in [0.25, 0.3) is 5.92 Å². The highest BCUT2D eigenvalue weighted by Gasteiger charge is 2.26. The van der Waals surface area contributed by atoms with Crippen molar-refractivity contribution in [2.45, 2.75) is 26.7 Å². The van der Waals surface area contributed by atoms with Gasteiger partial charge >= 0.3 is 6.03 Å². The number of rotatable bonds is 7. The molecule has 12 heteroatoms. The predicted octanol–water partition coefficient (Wildman–Crippen LogP) is 5.22. The third-order valence-corrected chi connectivity index (χ3v) is 5.18. The van der Waals surface area contributed by atoms with Crippen LogP contribution in [0.15, 0.2) is 55.0 Å². The maximum absolute atomic E-state index is 13.5. The summed E-state index contributed by atoms with van der Waals surface area (Å²) < 4.78 is 28.7. The molecular formula is C24H25F2N9O. The van der Waals surface area contributed by atoms with Crippen LogP contribution in [0.1, 0.15) is 23.9 Å². The number of hydrogen-bond acceptors (Lipinski definition) is 7. The van der Waals surface area contributed by atoms with Crippen LogP contribution in [-0.4, -0.2) is 37.8 Å². The summed E-state index contributed by atoms with van der Waals surface area (Å²) >= 11 is 0. The molecule has 36 heavy (non-hydrogen) atoms. The van der Waals surface area contributed by atoms with E-state index in [-0.39, 0.29) is 5.69 Å². The van der Waals surface area contributed by atoms with Crippen LogP contribution in [0, 0.1) is 13.8 Å². The number of nitrogens with zero attached hydrogens (tertiary/aromatic N) is 5. The van der Waals surface area contributed by atoms with Crippen LogP contribution in [-0.2, 0) is 5.92 Å². The van der Waals surface area contributed by atoms with Crippen molar-refractivity contribution in [3.8, 4) is 5.82 Å². The van der Waals surface area contributed by atoms with Crippen molar-refractivity contribution >= 4 is 34.7 Å². The average Bonchev–Trinajstić information content (AvgIpc) is 3.20. The predicted molar refractivity (Wildman–Crippen MR) is 134 cm³/mol. The normalized spacial score (nSPS) is 11.2. The summed E-state index contributed by atoms with van der Waals surface area (Å²) in [7, 11) is 1.77. The fourth-order valence-corrected chi connectivity index (χ4v) is 3.38. The number of carbonyl (C=O) groups excluding carboxylic acids is 1. The Labute approximate surface area is 206 Å². The average molecular weight is 494 g/mol. The Morgan fingerprint density at radius 1 is 0.972 bits per heavy atom. The number of pyridine rings is 1. The Morgan fingerprint density at radius 2 is 1.72 bits per heavy atom. The van der Waals surface area contributed by atoms with Gasteiger partial charge in [0.15, 0.2) is 5.82 Å². The number of nitrogens with one attached hydrogen (secondary N) is 4. The Bertz CT molecular complexity index is 1400. The summed E-state index contributed by atoms with van der Waals surface area (Å²) in [5, 5.41) is 16.1. The fourth-order valence-electron chi connectivity index (χ4n) is 3.38. The van der Waals surface area contributed by atoms with Crippen LogP contribution >= 0.6 is 0 Å². The number of hydrogen-bond donors (Lipinski definition) is 4. The highest BCUT2D eigenvalue weighted by molar-refractivity contribution is 6.00. The molecule has 0 fully saturated rings. The van der Waals surface area contributed by atoms with E-state index < -0.39 is 17.6 Å². The standard InChI is InChI=1S/C24H25F2N9O/c1-14-5-6-16(31-23(36)32-17-7-8-28-19(11-17)24(3,25)26)10-18(14)33-22-9-15(2)34-35(22)21-12-20(27-4)29-13-30-21/h5-13,33H,1-4H3,(H,27,29,30)(H2,28,31,32,36). The number of anilines is 5. The zero-order chi connectivity index (χ0) is 25.9. The molecule has 4 aromatic rings. The van der Waals surface area contributed by atoms with E-state index in [2.05, 4.69) is 41.3 Å². The van der Waals surface area contributed by atoms with Crippen molar-refractivity contribution in [1.29, 1.82) is 0 Å². The molecule has 0 aliphatic carbocycles. The van der Waals surface area contributed by atoms with Gasteiger partial charge in [-0.1, -0.05) is 6.07 Å². The second kappa shape index (κ2) is 9.94. The van der Waals surface area contributed by atoms with Gasteiger partial charge in [-0.2, -0.15) is 18.6 Å². The van der Waals surface area contributed by atoms with Gasteiger partial charge in [-0.05, 0) is 43.7 Å². The van der Waals surface area contributed by atoms with Gasteiger partial charge in [0, 0.05) is 49.4 Å². The lowest BCUT2D eigenvalue weighted by Crippen LogP contribution is -2.20. The Kier molecular flexibility index (Phi) is 6.77. The third kappa shape index (κ3) is 5.71. The van der Waals surface area contributed by atoms with Crippen molar-refractivity contribution in [3.05, 3.63) is 71.9 Å². The lowest BCUT2D eigenvalue weighted by Gasteiger charge is -2.14. The van der Waals surface area contributed by atoms with Crippen molar-refractivity contribution in [3.63, 3.8) is 0 Å². The topological polar surface area (TPSA) is 122 Å². The monoisotopic (exact) mass is 493 g/mol. The number of aryl methyl sites for hydroxylation is 2. The molecule has 0 aliphatic rings. The van der Waals surface area contributed by atoms with E-state index >= 15 is 0 Å². The van der Waals surface area contributed by atoms with Crippen LogP contribution in [0.4, 0.5) is 42.3 Å². The SMILES string of the molecule is CNc1cc(-n2nc(C)cc2Nc2cc(NC(=O)Nc3ccnc(C(C)(F)F)c3)ccc2C)ncn1. The molecule has 3 heterocycles. The minimum Gasteiger partial charge on any atom is -0.373 e. The molecule has 4 N–H and O–H groups in total. The number of aromatic nitrogens is 5. The zero-order valence-corrected chi connectivity index (χ0v) is 20.1. The quantitative estimate of drug-likeness (QED) is 0.279. The molecule has 10 nitrogen and oxygen atoms in total. The maximum atomic E-state index is 13.5. The highest BCUT2D eigenvalue weighted by atomic mass is 19.3. The first-order valence-corrected chi connectivity index (χ1v) is 11.0. The second-order valence-electron chi connectivity index (χ2n) is 8.15. The molecule has 0 aliphatic heterocycles.